The van der Waals surface area contributed by atoms with Gasteiger partial charge in [-0.3, -0.25) is 9.69 Å². The average Bonchev–Trinajstić information content (AvgIpc) is 3.17. The van der Waals surface area contributed by atoms with E-state index in [1.165, 1.54) is 5.56 Å². The second-order valence-electron chi connectivity index (χ2n) is 8.21. The van der Waals surface area contributed by atoms with Crippen LogP contribution in [0.3, 0.4) is 0 Å². The molecular formula is C23H26N2O3. The summed E-state index contributed by atoms with van der Waals surface area (Å²) >= 11 is 0. The van der Waals surface area contributed by atoms with Gasteiger partial charge in [0.25, 0.3) is 5.91 Å². The maximum absolute atomic E-state index is 13.4. The summed E-state index contributed by atoms with van der Waals surface area (Å²) in [7, 11) is 1.69. The van der Waals surface area contributed by atoms with E-state index in [4.69, 9.17) is 4.74 Å². The fourth-order valence-corrected chi connectivity index (χ4v) is 5.63. The molecule has 5 heteroatoms. The number of ether oxygens (including phenoxy) is 1. The molecule has 5 nitrogen and oxygen atoms in total. The summed E-state index contributed by atoms with van der Waals surface area (Å²) < 4.78 is 5.44. The van der Waals surface area contributed by atoms with Crippen molar-refractivity contribution in [3.63, 3.8) is 0 Å². The summed E-state index contributed by atoms with van der Waals surface area (Å²) in [6, 6.07) is 15.7. The molecule has 0 aromatic heterocycles. The fraction of sp³-hybridized carbons (Fsp3) is 0.435. The molecule has 4 fully saturated rings. The van der Waals surface area contributed by atoms with Gasteiger partial charge in [-0.15, -0.1) is 0 Å². The smallest absolute Gasteiger partial charge is 0.257 e. The van der Waals surface area contributed by atoms with Crippen molar-refractivity contribution in [2.45, 2.75) is 30.8 Å². The lowest BCUT2D eigenvalue weighted by atomic mass is 9.75. The number of methoxy groups -OCH3 is 1. The molecule has 4 heterocycles. The highest BCUT2D eigenvalue weighted by Crippen LogP contribution is 2.47. The molecule has 0 aliphatic carbocycles. The summed E-state index contributed by atoms with van der Waals surface area (Å²) in [4.78, 5) is 18.0. The number of hydrogen-bond acceptors (Lipinski definition) is 4. The molecule has 4 aliphatic rings. The van der Waals surface area contributed by atoms with E-state index in [9.17, 15) is 9.90 Å². The lowest BCUT2D eigenvalue weighted by molar-refractivity contribution is -0.00349. The molecule has 146 valence electrons. The van der Waals surface area contributed by atoms with Crippen LogP contribution >= 0.6 is 0 Å². The molecule has 2 aromatic carbocycles. The van der Waals surface area contributed by atoms with Gasteiger partial charge < -0.3 is 14.7 Å². The predicted molar refractivity (Wildman–Crippen MR) is 107 cm³/mol. The Morgan fingerprint density at radius 2 is 1.86 bits per heavy atom. The third-order valence-electron chi connectivity index (χ3n) is 6.91. The number of benzene rings is 2. The topological polar surface area (TPSA) is 53.0 Å². The number of aromatic hydroxyl groups is 1. The molecule has 4 aliphatic heterocycles. The van der Waals surface area contributed by atoms with Crippen molar-refractivity contribution in [3.8, 4) is 11.5 Å². The second kappa shape index (κ2) is 6.82. The summed E-state index contributed by atoms with van der Waals surface area (Å²) in [6.07, 6.45) is 2.30. The summed E-state index contributed by atoms with van der Waals surface area (Å²) in [5, 5.41) is 10.2. The molecule has 0 spiro atoms. The van der Waals surface area contributed by atoms with Crippen LogP contribution < -0.4 is 4.74 Å². The van der Waals surface area contributed by atoms with Gasteiger partial charge in [-0.05, 0) is 61.7 Å². The molecular weight excluding hydrogens is 352 g/mol. The Hall–Kier alpha value is -2.53. The molecule has 1 amide bonds. The van der Waals surface area contributed by atoms with Crippen molar-refractivity contribution >= 4 is 5.91 Å². The zero-order chi connectivity index (χ0) is 19.3. The number of hydrogen-bond donors (Lipinski definition) is 1. The van der Waals surface area contributed by atoms with Crippen LogP contribution in [0, 0.1) is 5.92 Å². The first-order chi connectivity index (χ1) is 13.7. The fourth-order valence-electron chi connectivity index (χ4n) is 5.63. The number of carbonyl (C=O) groups excluding carboxylic acids is 1. The van der Waals surface area contributed by atoms with Gasteiger partial charge in [-0.1, -0.05) is 24.3 Å². The zero-order valence-corrected chi connectivity index (χ0v) is 16.1. The maximum atomic E-state index is 13.4. The summed E-state index contributed by atoms with van der Waals surface area (Å²) in [5.74, 6) is 1.68. The number of rotatable bonds is 3. The van der Waals surface area contributed by atoms with Gasteiger partial charge in [-0.25, -0.2) is 0 Å². The first-order valence-corrected chi connectivity index (χ1v) is 10.1. The summed E-state index contributed by atoms with van der Waals surface area (Å²) in [6.45, 7) is 2.92. The second-order valence-corrected chi connectivity index (χ2v) is 8.21. The highest BCUT2D eigenvalue weighted by molar-refractivity contribution is 5.97. The van der Waals surface area contributed by atoms with Crippen LogP contribution in [0.5, 0.6) is 11.5 Å². The zero-order valence-electron chi connectivity index (χ0n) is 16.1. The molecule has 0 radical (unpaired) electrons. The SMILES string of the molecule is COc1cccc(C2CN(C(=O)c3ccccc3O)C3C4CCN(CC4)C23)c1. The van der Waals surface area contributed by atoms with E-state index in [0.29, 0.717) is 24.1 Å². The number of phenols is 1. The number of likely N-dealkylation sites (tertiary alicyclic amines) is 1. The quantitative estimate of drug-likeness (QED) is 0.892. The molecule has 4 saturated heterocycles. The van der Waals surface area contributed by atoms with Crippen LogP contribution in [0.25, 0.3) is 0 Å². The number of fused-ring (bicyclic) bond motifs is 2. The van der Waals surface area contributed by atoms with Crippen LogP contribution in [0.2, 0.25) is 0 Å². The molecule has 2 bridgehead atoms. The number of amides is 1. The van der Waals surface area contributed by atoms with Crippen LogP contribution in [0.15, 0.2) is 48.5 Å². The number of para-hydroxylation sites is 1. The number of phenolic OH excluding ortho intramolecular Hbond substituents is 1. The highest BCUT2D eigenvalue weighted by Gasteiger charge is 2.54. The normalized spacial score (nSPS) is 30.9. The van der Waals surface area contributed by atoms with E-state index in [0.717, 1.165) is 31.7 Å². The third-order valence-corrected chi connectivity index (χ3v) is 6.91. The van der Waals surface area contributed by atoms with E-state index in [2.05, 4.69) is 17.0 Å². The van der Waals surface area contributed by atoms with E-state index in [1.807, 2.05) is 23.1 Å². The standard InChI is InChI=1S/C23H26N2O3/c1-28-17-6-4-5-16(13-17)19-14-25(23(27)18-7-2-3-8-20(18)26)21-15-9-11-24(12-10-15)22(19)21/h2-8,13,15,19,21-22,26H,9-12,14H2,1H3. The minimum absolute atomic E-state index is 0.0488. The van der Waals surface area contributed by atoms with Gasteiger partial charge in [-0.2, -0.15) is 0 Å². The molecule has 2 aromatic rings. The lowest BCUT2D eigenvalue weighted by Gasteiger charge is -2.51. The number of carbonyl (C=O) groups is 1. The minimum atomic E-state index is -0.0488. The Bertz CT molecular complexity index is 891. The average molecular weight is 378 g/mol. The van der Waals surface area contributed by atoms with Crippen molar-refractivity contribution in [2.24, 2.45) is 5.92 Å². The number of piperidine rings is 3. The summed E-state index contributed by atoms with van der Waals surface area (Å²) in [5.41, 5.74) is 1.64. The monoisotopic (exact) mass is 378 g/mol. The first kappa shape index (κ1) is 17.6. The molecule has 28 heavy (non-hydrogen) atoms. The van der Waals surface area contributed by atoms with Gasteiger partial charge in [0.2, 0.25) is 0 Å². The first-order valence-electron chi connectivity index (χ1n) is 10.1. The van der Waals surface area contributed by atoms with Crippen LogP contribution in [0.1, 0.15) is 34.7 Å². The van der Waals surface area contributed by atoms with E-state index in [-0.39, 0.29) is 23.6 Å². The Morgan fingerprint density at radius 3 is 2.61 bits per heavy atom. The van der Waals surface area contributed by atoms with Crippen molar-refractivity contribution in [1.29, 1.82) is 0 Å². The van der Waals surface area contributed by atoms with Gasteiger partial charge in [0.15, 0.2) is 0 Å². The Kier molecular flexibility index (Phi) is 4.27. The lowest BCUT2D eigenvalue weighted by Crippen LogP contribution is -2.60. The molecule has 3 unspecified atom stereocenters. The minimum Gasteiger partial charge on any atom is -0.507 e. The van der Waals surface area contributed by atoms with Crippen LogP contribution in [0.4, 0.5) is 0 Å². The van der Waals surface area contributed by atoms with Crippen molar-refractivity contribution < 1.29 is 14.6 Å². The van der Waals surface area contributed by atoms with Crippen molar-refractivity contribution in [3.05, 3.63) is 59.7 Å². The van der Waals surface area contributed by atoms with Crippen molar-refractivity contribution in [2.75, 3.05) is 26.7 Å². The van der Waals surface area contributed by atoms with Gasteiger partial charge in [0.05, 0.1) is 18.7 Å². The van der Waals surface area contributed by atoms with Crippen LogP contribution in [-0.4, -0.2) is 59.6 Å². The molecule has 1 N–H and O–H groups in total. The maximum Gasteiger partial charge on any atom is 0.257 e. The highest BCUT2D eigenvalue weighted by atomic mass is 16.5. The Labute approximate surface area is 165 Å². The predicted octanol–water partition coefficient (Wildman–Crippen LogP) is 3.10. The third kappa shape index (κ3) is 2.68. The van der Waals surface area contributed by atoms with Gasteiger partial charge in [0.1, 0.15) is 11.5 Å². The van der Waals surface area contributed by atoms with E-state index < -0.39 is 0 Å². The van der Waals surface area contributed by atoms with Gasteiger partial charge in [0, 0.05) is 18.5 Å². The largest absolute Gasteiger partial charge is 0.507 e. The Balaban J connectivity index is 1.54. The van der Waals surface area contributed by atoms with E-state index >= 15 is 0 Å². The Morgan fingerprint density at radius 1 is 1.07 bits per heavy atom. The number of nitrogens with zero attached hydrogens (tertiary/aromatic N) is 2. The van der Waals surface area contributed by atoms with Crippen molar-refractivity contribution in [1.82, 2.24) is 9.80 Å². The molecule has 0 saturated carbocycles. The van der Waals surface area contributed by atoms with Gasteiger partial charge >= 0.3 is 0 Å². The molecule has 3 atom stereocenters. The van der Waals surface area contributed by atoms with Crippen LogP contribution in [-0.2, 0) is 0 Å². The van der Waals surface area contributed by atoms with E-state index in [1.54, 1.807) is 25.3 Å². The molecule has 6 rings (SSSR count).